The molecule has 0 fully saturated rings. The Balaban J connectivity index is 2.63. The summed E-state index contributed by atoms with van der Waals surface area (Å²) in [5.74, 6) is 0. The van der Waals surface area contributed by atoms with Crippen LogP contribution in [0.4, 0.5) is 4.39 Å². The predicted molar refractivity (Wildman–Crippen MR) is 25.2 cm³/mol. The summed E-state index contributed by atoms with van der Waals surface area (Å²) in [5, 5.41) is 0. The van der Waals surface area contributed by atoms with Crippen LogP contribution in [0.2, 0.25) is 0 Å². The lowest BCUT2D eigenvalue weighted by atomic mass is 10.2. The zero-order valence-electron chi connectivity index (χ0n) is 4.08. The summed E-state index contributed by atoms with van der Waals surface area (Å²) in [5.41, 5.74) is 0. The lowest BCUT2D eigenvalue weighted by Crippen LogP contribution is -1.88. The van der Waals surface area contributed by atoms with Gasteiger partial charge in [0.2, 0.25) is 0 Å². The number of hydrogen-bond acceptors (Lipinski definition) is 0. The van der Waals surface area contributed by atoms with Crippen molar-refractivity contribution in [2.24, 2.45) is 0 Å². The molecule has 0 nitrogen and oxygen atoms in total. The molecular weight excluding hydrogens is 79.1 g/mol. The van der Waals surface area contributed by atoms with E-state index >= 15 is 0 Å². The van der Waals surface area contributed by atoms with Crippen molar-refractivity contribution in [3.05, 3.63) is 6.92 Å². The van der Waals surface area contributed by atoms with E-state index in [1.807, 2.05) is 6.92 Å². The zero-order chi connectivity index (χ0) is 4.99. The van der Waals surface area contributed by atoms with E-state index in [-0.39, 0.29) is 0 Å². The lowest BCUT2D eigenvalue weighted by molar-refractivity contribution is 0.372. The fourth-order valence-electron chi connectivity index (χ4n) is 0.313. The molecule has 0 N–H and O–H groups in total. The van der Waals surface area contributed by atoms with Crippen molar-refractivity contribution in [1.29, 1.82) is 0 Å². The summed E-state index contributed by atoms with van der Waals surface area (Å²) in [6.07, 6.45) is 0.639. The maximum Gasteiger partial charge on any atom is 0.100 e. The van der Waals surface area contributed by atoms with Crippen LogP contribution in [-0.2, 0) is 0 Å². The quantitative estimate of drug-likeness (QED) is 0.485. The summed E-state index contributed by atoms with van der Waals surface area (Å²) in [6, 6.07) is 0. The highest BCUT2D eigenvalue weighted by Crippen LogP contribution is 1.96. The van der Waals surface area contributed by atoms with Crippen LogP contribution < -0.4 is 0 Å². The Labute approximate surface area is 38.4 Å². The molecule has 0 saturated heterocycles. The molecule has 1 atom stereocenters. The lowest BCUT2D eigenvalue weighted by Gasteiger charge is -1.91. The predicted octanol–water partition coefficient (Wildman–Crippen LogP) is 1.96. The van der Waals surface area contributed by atoms with Gasteiger partial charge in [0.1, 0.15) is 6.17 Å². The third kappa shape index (κ3) is 3.93. The van der Waals surface area contributed by atoms with Gasteiger partial charge in [-0.1, -0.05) is 13.3 Å². The third-order valence-electron chi connectivity index (χ3n) is 0.602. The largest absolute Gasteiger partial charge is 0.247 e. The van der Waals surface area contributed by atoms with Crippen molar-refractivity contribution in [3.8, 4) is 0 Å². The summed E-state index contributed by atoms with van der Waals surface area (Å²) in [4.78, 5) is 0. The first-order valence-corrected chi connectivity index (χ1v) is 2.24. The highest BCUT2D eigenvalue weighted by molar-refractivity contribution is 4.53. The molecule has 0 amide bonds. The van der Waals surface area contributed by atoms with Crippen LogP contribution in [0.3, 0.4) is 0 Å². The van der Waals surface area contributed by atoms with Gasteiger partial charge in [-0.25, -0.2) is 4.39 Å². The maximum atomic E-state index is 11.6. The van der Waals surface area contributed by atoms with Gasteiger partial charge in [-0.15, -0.1) is 0 Å². The van der Waals surface area contributed by atoms with Gasteiger partial charge < -0.3 is 0 Å². The topological polar surface area (TPSA) is 0 Å². The average molecular weight is 89.1 g/mol. The van der Waals surface area contributed by atoms with Crippen LogP contribution in [-0.4, -0.2) is 6.17 Å². The molecule has 0 spiro atoms. The van der Waals surface area contributed by atoms with Crippen molar-refractivity contribution >= 4 is 0 Å². The van der Waals surface area contributed by atoms with Gasteiger partial charge in [0.25, 0.3) is 0 Å². The Morgan fingerprint density at radius 2 is 2.33 bits per heavy atom. The van der Waals surface area contributed by atoms with E-state index in [1.165, 1.54) is 0 Å². The van der Waals surface area contributed by atoms with E-state index in [2.05, 4.69) is 6.92 Å². The van der Waals surface area contributed by atoms with Crippen molar-refractivity contribution in [3.63, 3.8) is 0 Å². The molecule has 1 heteroatoms. The Morgan fingerprint density at radius 3 is 2.33 bits per heavy atom. The second kappa shape index (κ2) is 3.13. The normalized spacial score (nSPS) is 14.5. The second-order valence-electron chi connectivity index (χ2n) is 1.39. The monoisotopic (exact) mass is 89.1 g/mol. The van der Waals surface area contributed by atoms with Crippen LogP contribution in [0.25, 0.3) is 0 Å². The summed E-state index contributed by atoms with van der Waals surface area (Å²) >= 11 is 0. The Morgan fingerprint density at radius 1 is 1.83 bits per heavy atom. The average Bonchev–Trinajstić information content (AvgIpc) is 1.35. The van der Waals surface area contributed by atoms with Gasteiger partial charge in [-0.2, -0.15) is 0 Å². The SMILES string of the molecule is [CH2]C(F)CCC. The van der Waals surface area contributed by atoms with Crippen molar-refractivity contribution in [2.45, 2.75) is 25.9 Å². The number of halogens is 1. The summed E-state index contributed by atoms with van der Waals surface area (Å²) in [6.45, 7) is 5.10. The molecule has 0 aromatic heterocycles. The molecule has 0 aliphatic heterocycles. The van der Waals surface area contributed by atoms with Gasteiger partial charge >= 0.3 is 0 Å². The van der Waals surface area contributed by atoms with Gasteiger partial charge in [0, 0.05) is 0 Å². The van der Waals surface area contributed by atoms with Gasteiger partial charge in [-0.05, 0) is 13.3 Å². The van der Waals surface area contributed by atoms with Gasteiger partial charge in [0.15, 0.2) is 0 Å². The molecule has 0 aliphatic rings. The van der Waals surface area contributed by atoms with Crippen LogP contribution in [0.1, 0.15) is 19.8 Å². The minimum Gasteiger partial charge on any atom is -0.247 e. The van der Waals surface area contributed by atoms with E-state index in [1.54, 1.807) is 0 Å². The summed E-state index contributed by atoms with van der Waals surface area (Å²) < 4.78 is 11.6. The first-order valence-electron chi connectivity index (χ1n) is 2.24. The van der Waals surface area contributed by atoms with Crippen molar-refractivity contribution < 1.29 is 4.39 Å². The Kier molecular flexibility index (Phi) is 3.10. The molecule has 0 aliphatic carbocycles. The van der Waals surface area contributed by atoms with Crippen LogP contribution >= 0.6 is 0 Å². The van der Waals surface area contributed by atoms with E-state index in [4.69, 9.17) is 0 Å². The molecule has 0 aromatic carbocycles. The number of hydrogen-bond donors (Lipinski definition) is 0. The first-order chi connectivity index (χ1) is 2.77. The molecule has 0 aromatic rings. The molecule has 37 valence electrons. The molecule has 0 bridgehead atoms. The molecule has 0 heterocycles. The standard InChI is InChI=1S/C5H10F/c1-3-4-5(2)6/h5H,2-4H2,1H3. The van der Waals surface area contributed by atoms with Crippen LogP contribution in [0, 0.1) is 6.92 Å². The van der Waals surface area contributed by atoms with E-state index < -0.39 is 6.17 Å². The van der Waals surface area contributed by atoms with Crippen LogP contribution in [0.5, 0.6) is 0 Å². The number of rotatable bonds is 2. The molecular formula is C5H10F. The van der Waals surface area contributed by atoms with Gasteiger partial charge in [-0.3, -0.25) is 0 Å². The summed E-state index contributed by atoms with van der Waals surface area (Å²) in [7, 11) is 0. The molecule has 6 heavy (non-hydrogen) atoms. The number of alkyl halides is 1. The fourth-order valence-corrected chi connectivity index (χ4v) is 0.313. The minimum absolute atomic E-state index is 0.597. The highest BCUT2D eigenvalue weighted by atomic mass is 19.1. The highest BCUT2D eigenvalue weighted by Gasteiger charge is 1.90. The van der Waals surface area contributed by atoms with E-state index in [0.29, 0.717) is 6.42 Å². The Bertz CT molecular complexity index is 25.1. The molecule has 0 saturated carbocycles. The Hall–Kier alpha value is -0.0700. The molecule has 1 radical (unpaired) electrons. The van der Waals surface area contributed by atoms with E-state index in [9.17, 15) is 4.39 Å². The molecule has 0 rings (SSSR count). The van der Waals surface area contributed by atoms with Gasteiger partial charge in [0.05, 0.1) is 0 Å². The fraction of sp³-hybridized carbons (Fsp3) is 0.800. The van der Waals surface area contributed by atoms with E-state index in [0.717, 1.165) is 6.42 Å². The minimum atomic E-state index is -0.852. The zero-order valence-corrected chi connectivity index (χ0v) is 4.08. The first kappa shape index (κ1) is 5.93. The van der Waals surface area contributed by atoms with Crippen molar-refractivity contribution in [1.82, 2.24) is 0 Å². The molecule has 1 unspecified atom stereocenters. The second-order valence-corrected chi connectivity index (χ2v) is 1.39. The maximum absolute atomic E-state index is 11.6. The third-order valence-corrected chi connectivity index (χ3v) is 0.602. The van der Waals surface area contributed by atoms with Crippen molar-refractivity contribution in [2.75, 3.05) is 0 Å². The van der Waals surface area contributed by atoms with Crippen LogP contribution in [0.15, 0.2) is 0 Å². The smallest absolute Gasteiger partial charge is 0.100 e.